The quantitative estimate of drug-likeness (QED) is 0.864. The van der Waals surface area contributed by atoms with E-state index >= 15 is 0 Å². The van der Waals surface area contributed by atoms with Crippen LogP contribution in [-0.2, 0) is 0 Å². The standard InChI is InChI=1S/C18H23N5OS/c1-10-12(9-22(2)21-10)15-8-13-16(25-15)18(24)20-17(19-13)14-7-11-3-5-23(14)6-4-11/h8,11,14,21H,3-7,9H2,1-2H3,(H,19,20,24)/t14-/m0/s1. The average molecular weight is 357 g/mol. The molecule has 3 fully saturated rings. The number of likely N-dealkylation sites (N-methyl/N-ethyl adjacent to an activating group) is 1. The van der Waals surface area contributed by atoms with E-state index in [1.165, 1.54) is 18.4 Å². The summed E-state index contributed by atoms with van der Waals surface area (Å²) < 4.78 is 0.740. The first kappa shape index (κ1) is 15.5. The van der Waals surface area contributed by atoms with Crippen LogP contribution in [0.5, 0.6) is 0 Å². The Bertz CT molecular complexity index is 921. The van der Waals surface area contributed by atoms with E-state index in [1.54, 1.807) is 11.3 Å². The van der Waals surface area contributed by atoms with Crippen LogP contribution in [0.25, 0.3) is 15.8 Å². The number of hydrogen-bond donors (Lipinski definition) is 2. The summed E-state index contributed by atoms with van der Waals surface area (Å²) >= 11 is 1.55. The van der Waals surface area contributed by atoms with Crippen LogP contribution < -0.4 is 11.0 Å². The van der Waals surface area contributed by atoms with Crippen molar-refractivity contribution in [2.24, 2.45) is 5.92 Å². The first-order chi connectivity index (χ1) is 12.1. The number of hydrogen-bond acceptors (Lipinski definition) is 6. The molecule has 0 radical (unpaired) electrons. The van der Waals surface area contributed by atoms with E-state index in [9.17, 15) is 4.79 Å². The zero-order valence-corrected chi connectivity index (χ0v) is 15.4. The number of hydrazine groups is 1. The molecule has 0 saturated carbocycles. The lowest BCUT2D eigenvalue weighted by molar-refractivity contribution is 0.0445. The Kier molecular flexibility index (Phi) is 3.52. The summed E-state index contributed by atoms with van der Waals surface area (Å²) in [6.07, 6.45) is 3.71. The van der Waals surface area contributed by atoms with E-state index in [4.69, 9.17) is 4.98 Å². The summed E-state index contributed by atoms with van der Waals surface area (Å²) in [5, 5.41) is 2.06. The fourth-order valence-electron chi connectivity index (χ4n) is 4.53. The minimum absolute atomic E-state index is 0.0106. The van der Waals surface area contributed by atoms with Crippen LogP contribution >= 0.6 is 11.3 Å². The van der Waals surface area contributed by atoms with Crippen molar-refractivity contribution in [2.75, 3.05) is 26.7 Å². The maximum atomic E-state index is 12.7. The fourth-order valence-corrected chi connectivity index (χ4v) is 5.61. The van der Waals surface area contributed by atoms with Gasteiger partial charge in [-0.2, -0.15) is 0 Å². The smallest absolute Gasteiger partial charge is 0.268 e. The second-order valence-electron chi connectivity index (χ2n) is 7.58. The molecule has 4 aliphatic rings. The number of fused-ring (bicyclic) bond motifs is 4. The second kappa shape index (κ2) is 5.65. The van der Waals surface area contributed by atoms with Gasteiger partial charge < -0.3 is 10.4 Å². The van der Waals surface area contributed by atoms with Crippen molar-refractivity contribution in [3.63, 3.8) is 0 Å². The molecule has 6 heterocycles. The van der Waals surface area contributed by atoms with Crippen molar-refractivity contribution in [1.29, 1.82) is 0 Å². The van der Waals surface area contributed by atoms with Crippen molar-refractivity contribution in [2.45, 2.75) is 32.2 Å². The molecule has 0 aliphatic carbocycles. The zero-order chi connectivity index (χ0) is 17.1. The van der Waals surface area contributed by atoms with E-state index in [0.717, 1.165) is 58.6 Å². The Morgan fingerprint density at radius 2 is 2.12 bits per heavy atom. The molecule has 0 spiro atoms. The summed E-state index contributed by atoms with van der Waals surface area (Å²) in [6.45, 7) is 5.20. The molecule has 7 heteroatoms. The van der Waals surface area contributed by atoms with E-state index in [2.05, 4.69) is 33.3 Å². The predicted octanol–water partition coefficient (Wildman–Crippen LogP) is 2.32. The molecule has 25 heavy (non-hydrogen) atoms. The highest BCUT2D eigenvalue weighted by atomic mass is 32.1. The van der Waals surface area contributed by atoms with Gasteiger partial charge in [0.05, 0.1) is 11.6 Å². The number of nitrogens with zero attached hydrogens (tertiary/aromatic N) is 3. The Morgan fingerprint density at radius 1 is 1.32 bits per heavy atom. The minimum atomic E-state index is 0.0106. The lowest BCUT2D eigenvalue weighted by atomic mass is 9.83. The summed E-state index contributed by atoms with van der Waals surface area (Å²) in [5.41, 5.74) is 6.58. The monoisotopic (exact) mass is 357 g/mol. The van der Waals surface area contributed by atoms with Gasteiger partial charge in [0.15, 0.2) is 0 Å². The summed E-state index contributed by atoms with van der Waals surface area (Å²) in [5.74, 6) is 1.65. The van der Waals surface area contributed by atoms with Gasteiger partial charge in [-0.3, -0.25) is 9.69 Å². The lowest BCUT2D eigenvalue weighted by Crippen LogP contribution is -2.44. The van der Waals surface area contributed by atoms with Gasteiger partial charge in [-0.1, -0.05) is 0 Å². The van der Waals surface area contributed by atoms with Gasteiger partial charge in [-0.15, -0.1) is 11.3 Å². The van der Waals surface area contributed by atoms with Gasteiger partial charge in [0.2, 0.25) is 0 Å². The number of aromatic amines is 1. The van der Waals surface area contributed by atoms with Crippen LogP contribution in [0, 0.1) is 5.92 Å². The van der Waals surface area contributed by atoms with Crippen LogP contribution in [0.3, 0.4) is 0 Å². The van der Waals surface area contributed by atoms with Crippen molar-refractivity contribution < 1.29 is 0 Å². The Labute approximate surface area is 150 Å². The van der Waals surface area contributed by atoms with Gasteiger partial charge in [0, 0.05) is 29.7 Å². The maximum absolute atomic E-state index is 12.7. The second-order valence-corrected chi connectivity index (χ2v) is 8.63. The highest BCUT2D eigenvalue weighted by Gasteiger charge is 2.36. The largest absolute Gasteiger partial charge is 0.323 e. The Balaban J connectivity index is 1.56. The molecule has 6 rings (SSSR count). The van der Waals surface area contributed by atoms with Crippen molar-refractivity contribution in [3.8, 4) is 0 Å². The molecule has 1 atom stereocenters. The molecule has 2 N–H and O–H groups in total. The number of rotatable bonds is 2. The maximum Gasteiger partial charge on any atom is 0.268 e. The van der Waals surface area contributed by atoms with Gasteiger partial charge in [-0.25, -0.2) is 9.99 Å². The summed E-state index contributed by atoms with van der Waals surface area (Å²) in [4.78, 5) is 24.3. The van der Waals surface area contributed by atoms with E-state index in [1.807, 2.05) is 7.05 Å². The third-order valence-electron chi connectivity index (χ3n) is 5.87. The average Bonchev–Trinajstić information content (AvgIpc) is 3.18. The van der Waals surface area contributed by atoms with Crippen molar-refractivity contribution in [1.82, 2.24) is 25.3 Å². The highest BCUT2D eigenvalue weighted by Crippen LogP contribution is 2.39. The van der Waals surface area contributed by atoms with E-state index in [0.29, 0.717) is 0 Å². The third kappa shape index (κ3) is 2.53. The molecule has 6 nitrogen and oxygen atoms in total. The molecule has 4 aliphatic heterocycles. The number of piperidine rings is 3. The Hall–Kier alpha value is -1.70. The van der Waals surface area contributed by atoms with Crippen LogP contribution in [-0.4, -0.2) is 46.6 Å². The third-order valence-corrected chi connectivity index (χ3v) is 7.05. The predicted molar refractivity (Wildman–Crippen MR) is 100 cm³/mol. The van der Waals surface area contributed by atoms with Gasteiger partial charge in [0.1, 0.15) is 10.5 Å². The molecule has 2 bridgehead atoms. The van der Waals surface area contributed by atoms with Crippen LogP contribution in [0.4, 0.5) is 0 Å². The van der Waals surface area contributed by atoms with Crippen LogP contribution in [0.15, 0.2) is 16.6 Å². The SMILES string of the molecule is CC1=C(c2cc3nc([C@@H]4CC5CCN4CC5)[nH]c(=O)c3s2)CN(C)N1. The molecule has 2 aromatic rings. The fraction of sp³-hybridized carbons (Fsp3) is 0.556. The number of H-pyrrole nitrogens is 1. The van der Waals surface area contributed by atoms with Gasteiger partial charge in [-0.05, 0) is 51.3 Å². The first-order valence-electron chi connectivity index (χ1n) is 9.04. The normalized spacial score (nSPS) is 29.6. The summed E-state index contributed by atoms with van der Waals surface area (Å²) in [6, 6.07) is 2.38. The molecule has 2 aromatic heterocycles. The zero-order valence-electron chi connectivity index (χ0n) is 14.6. The van der Waals surface area contributed by atoms with Crippen molar-refractivity contribution in [3.05, 3.63) is 32.8 Å². The number of allylic oxidation sites excluding steroid dienone is 1. The van der Waals surface area contributed by atoms with Crippen LogP contribution in [0.1, 0.15) is 42.9 Å². The molecule has 0 aromatic carbocycles. The number of thiophene rings is 1. The number of aromatic nitrogens is 2. The molecule has 0 amide bonds. The summed E-state index contributed by atoms with van der Waals surface area (Å²) in [7, 11) is 2.03. The molecular weight excluding hydrogens is 334 g/mol. The number of nitrogens with one attached hydrogen (secondary N) is 2. The molecule has 3 saturated heterocycles. The van der Waals surface area contributed by atoms with Crippen LogP contribution in [0.2, 0.25) is 0 Å². The van der Waals surface area contributed by atoms with E-state index < -0.39 is 0 Å². The molecular formula is C18H23N5OS. The first-order valence-corrected chi connectivity index (χ1v) is 9.86. The topological polar surface area (TPSA) is 64.3 Å². The highest BCUT2D eigenvalue weighted by molar-refractivity contribution is 7.19. The lowest BCUT2D eigenvalue weighted by Gasteiger charge is -2.44. The Morgan fingerprint density at radius 3 is 2.76 bits per heavy atom. The van der Waals surface area contributed by atoms with Crippen molar-refractivity contribution >= 4 is 27.1 Å². The van der Waals surface area contributed by atoms with Gasteiger partial charge >= 0.3 is 0 Å². The van der Waals surface area contributed by atoms with E-state index in [-0.39, 0.29) is 11.6 Å². The molecule has 0 unspecified atom stereocenters. The molecule has 132 valence electrons. The minimum Gasteiger partial charge on any atom is -0.323 e. The van der Waals surface area contributed by atoms with Gasteiger partial charge in [0.25, 0.3) is 5.56 Å².